The highest BCUT2D eigenvalue weighted by Gasteiger charge is 2.18. The van der Waals surface area contributed by atoms with Crippen LogP contribution in [-0.4, -0.2) is 39.6 Å². The van der Waals surface area contributed by atoms with Crippen LogP contribution in [0.2, 0.25) is 0 Å². The molecule has 8 heteroatoms. The first kappa shape index (κ1) is 20.1. The summed E-state index contributed by atoms with van der Waals surface area (Å²) in [7, 11) is 6.03. The average molecular weight is 399 g/mol. The molecule has 0 bridgehead atoms. The number of esters is 1. The normalized spacial score (nSPS) is 10.3. The number of aromatic nitrogens is 1. The highest BCUT2D eigenvalue weighted by atomic mass is 16.5. The van der Waals surface area contributed by atoms with Crippen LogP contribution in [0.5, 0.6) is 23.0 Å². The van der Waals surface area contributed by atoms with Crippen LogP contribution in [0.4, 0.5) is 0 Å². The quantitative estimate of drug-likeness (QED) is 0.529. The van der Waals surface area contributed by atoms with Gasteiger partial charge in [0.05, 0.1) is 34.0 Å². The molecule has 0 spiro atoms. The van der Waals surface area contributed by atoms with Crippen molar-refractivity contribution < 1.29 is 33.0 Å². The molecule has 0 N–H and O–H groups in total. The number of carbonyl (C=O) groups excluding carboxylic acids is 1. The predicted molar refractivity (Wildman–Crippen MR) is 104 cm³/mol. The van der Waals surface area contributed by atoms with Gasteiger partial charge < -0.3 is 28.2 Å². The first-order valence-corrected chi connectivity index (χ1v) is 8.66. The summed E-state index contributed by atoms with van der Waals surface area (Å²) in [5.74, 6) is 1.80. The van der Waals surface area contributed by atoms with Gasteiger partial charge in [0.25, 0.3) is 0 Å². The van der Waals surface area contributed by atoms with Gasteiger partial charge in [-0.2, -0.15) is 0 Å². The molecule has 0 saturated carbocycles. The second kappa shape index (κ2) is 9.01. The molecule has 0 fully saturated rings. The molecule has 29 heavy (non-hydrogen) atoms. The monoisotopic (exact) mass is 399 g/mol. The first-order valence-electron chi connectivity index (χ1n) is 8.66. The number of rotatable bonds is 8. The van der Waals surface area contributed by atoms with Crippen LogP contribution in [0, 0.1) is 0 Å². The molecule has 1 aromatic heterocycles. The van der Waals surface area contributed by atoms with Gasteiger partial charge >= 0.3 is 5.97 Å². The SMILES string of the molecule is COc1cccc(-c2cc(COC(=O)c3cc(OC)c(OC)c(OC)c3)no2)c1. The Bertz CT molecular complexity index is 971. The number of benzene rings is 2. The molecule has 0 saturated heterocycles. The van der Waals surface area contributed by atoms with E-state index >= 15 is 0 Å². The maximum atomic E-state index is 12.5. The van der Waals surface area contributed by atoms with E-state index in [0.717, 1.165) is 5.56 Å². The van der Waals surface area contributed by atoms with Gasteiger partial charge in [0, 0.05) is 11.6 Å². The fourth-order valence-corrected chi connectivity index (χ4v) is 2.71. The molecule has 1 heterocycles. The summed E-state index contributed by atoms with van der Waals surface area (Å²) >= 11 is 0. The van der Waals surface area contributed by atoms with E-state index in [9.17, 15) is 4.79 Å². The summed E-state index contributed by atoms with van der Waals surface area (Å²) in [4.78, 5) is 12.5. The van der Waals surface area contributed by atoms with Crippen molar-refractivity contribution in [2.45, 2.75) is 6.61 Å². The van der Waals surface area contributed by atoms with E-state index in [1.54, 1.807) is 13.2 Å². The van der Waals surface area contributed by atoms with Crippen LogP contribution in [0.3, 0.4) is 0 Å². The second-order valence-corrected chi connectivity index (χ2v) is 5.90. The fourth-order valence-electron chi connectivity index (χ4n) is 2.71. The van der Waals surface area contributed by atoms with Crippen LogP contribution >= 0.6 is 0 Å². The Kier molecular flexibility index (Phi) is 6.23. The van der Waals surface area contributed by atoms with Crippen LogP contribution in [0.25, 0.3) is 11.3 Å². The minimum atomic E-state index is -0.560. The Morgan fingerprint density at radius 3 is 2.28 bits per heavy atom. The largest absolute Gasteiger partial charge is 0.497 e. The lowest BCUT2D eigenvalue weighted by Gasteiger charge is -2.13. The van der Waals surface area contributed by atoms with Crippen LogP contribution in [-0.2, 0) is 11.3 Å². The highest BCUT2D eigenvalue weighted by Crippen LogP contribution is 2.38. The first-order chi connectivity index (χ1) is 14.1. The third-order valence-electron chi connectivity index (χ3n) is 4.16. The van der Waals surface area contributed by atoms with Gasteiger partial charge in [0.1, 0.15) is 18.1 Å². The van der Waals surface area contributed by atoms with E-state index in [-0.39, 0.29) is 12.2 Å². The summed E-state index contributed by atoms with van der Waals surface area (Å²) in [5.41, 5.74) is 1.54. The summed E-state index contributed by atoms with van der Waals surface area (Å²) in [6, 6.07) is 12.1. The second-order valence-electron chi connectivity index (χ2n) is 5.90. The zero-order chi connectivity index (χ0) is 20.8. The van der Waals surface area contributed by atoms with E-state index in [4.69, 9.17) is 28.2 Å². The van der Waals surface area contributed by atoms with E-state index < -0.39 is 5.97 Å². The predicted octanol–water partition coefficient (Wildman–Crippen LogP) is 3.73. The molecule has 0 aliphatic heterocycles. The molecule has 3 rings (SSSR count). The van der Waals surface area contributed by atoms with Crippen molar-refractivity contribution in [3.8, 4) is 34.3 Å². The lowest BCUT2D eigenvalue weighted by Crippen LogP contribution is -2.07. The van der Waals surface area contributed by atoms with E-state index in [1.165, 1.54) is 33.5 Å². The van der Waals surface area contributed by atoms with Crippen LogP contribution in [0.1, 0.15) is 16.1 Å². The van der Waals surface area contributed by atoms with E-state index in [1.807, 2.05) is 24.3 Å². The van der Waals surface area contributed by atoms with E-state index in [0.29, 0.717) is 34.5 Å². The molecule has 0 aliphatic rings. The van der Waals surface area contributed by atoms with Crippen molar-refractivity contribution in [1.29, 1.82) is 0 Å². The maximum Gasteiger partial charge on any atom is 0.338 e. The van der Waals surface area contributed by atoms with Gasteiger partial charge in [-0.15, -0.1) is 0 Å². The van der Waals surface area contributed by atoms with Crippen LogP contribution < -0.4 is 18.9 Å². The van der Waals surface area contributed by atoms with Crippen molar-refractivity contribution in [3.63, 3.8) is 0 Å². The fraction of sp³-hybridized carbons (Fsp3) is 0.238. The number of ether oxygens (including phenoxy) is 5. The summed E-state index contributed by atoms with van der Waals surface area (Å²) < 4.78 is 31.6. The Balaban J connectivity index is 1.72. The standard InChI is InChI=1S/C21H21NO7/c1-24-16-7-5-6-13(8-16)17-11-15(22-29-17)12-28-21(23)14-9-18(25-2)20(27-4)19(10-14)26-3/h5-11H,12H2,1-4H3. The lowest BCUT2D eigenvalue weighted by molar-refractivity contribution is 0.0463. The molecular formula is C21H21NO7. The number of hydrogen-bond acceptors (Lipinski definition) is 8. The van der Waals surface area contributed by atoms with Gasteiger partial charge in [-0.1, -0.05) is 17.3 Å². The van der Waals surface area contributed by atoms with Gasteiger partial charge in [-0.05, 0) is 24.3 Å². The smallest absolute Gasteiger partial charge is 0.338 e. The number of nitrogens with zero attached hydrogens (tertiary/aromatic N) is 1. The average Bonchev–Trinajstić information content (AvgIpc) is 3.25. The van der Waals surface area contributed by atoms with Crippen LogP contribution in [0.15, 0.2) is 47.0 Å². The maximum absolute atomic E-state index is 12.5. The third-order valence-corrected chi connectivity index (χ3v) is 4.16. The number of methoxy groups -OCH3 is 4. The van der Waals surface area contributed by atoms with Gasteiger partial charge in [0.2, 0.25) is 5.75 Å². The minimum absolute atomic E-state index is 0.0526. The Morgan fingerprint density at radius 2 is 1.66 bits per heavy atom. The molecule has 3 aromatic rings. The van der Waals surface area contributed by atoms with E-state index in [2.05, 4.69) is 5.16 Å². The van der Waals surface area contributed by atoms with Crippen molar-refractivity contribution >= 4 is 5.97 Å². The zero-order valence-corrected chi connectivity index (χ0v) is 16.6. The molecule has 0 radical (unpaired) electrons. The molecule has 2 aromatic carbocycles. The molecular weight excluding hydrogens is 378 g/mol. The number of carbonyl (C=O) groups is 1. The zero-order valence-electron chi connectivity index (χ0n) is 16.6. The Labute approximate surface area is 167 Å². The van der Waals surface area contributed by atoms with Gasteiger partial charge in [-0.3, -0.25) is 0 Å². The minimum Gasteiger partial charge on any atom is -0.497 e. The van der Waals surface area contributed by atoms with Gasteiger partial charge in [0.15, 0.2) is 17.3 Å². The molecule has 8 nitrogen and oxygen atoms in total. The van der Waals surface area contributed by atoms with Crippen molar-refractivity contribution in [3.05, 3.63) is 53.7 Å². The Morgan fingerprint density at radius 1 is 0.931 bits per heavy atom. The molecule has 152 valence electrons. The third kappa shape index (κ3) is 4.43. The molecule has 0 amide bonds. The topological polar surface area (TPSA) is 89.3 Å². The summed E-state index contributed by atoms with van der Waals surface area (Å²) in [6.07, 6.45) is 0. The van der Waals surface area contributed by atoms with Crippen molar-refractivity contribution in [2.24, 2.45) is 0 Å². The molecule has 0 atom stereocenters. The van der Waals surface area contributed by atoms with Crippen molar-refractivity contribution in [1.82, 2.24) is 5.16 Å². The Hall–Kier alpha value is -3.68. The van der Waals surface area contributed by atoms with Gasteiger partial charge in [-0.25, -0.2) is 4.79 Å². The van der Waals surface area contributed by atoms with Crippen molar-refractivity contribution in [2.75, 3.05) is 28.4 Å². The summed E-state index contributed by atoms with van der Waals surface area (Å²) in [5, 5.41) is 3.95. The lowest BCUT2D eigenvalue weighted by atomic mass is 10.1. The molecule has 0 unspecified atom stereocenters. The highest BCUT2D eigenvalue weighted by molar-refractivity contribution is 5.91. The number of hydrogen-bond donors (Lipinski definition) is 0. The molecule has 0 aliphatic carbocycles. The summed E-state index contributed by atoms with van der Waals surface area (Å²) in [6.45, 7) is -0.0526.